The molecule has 3 aromatic heterocycles. The normalized spacial score (nSPS) is 10.6. The first-order chi connectivity index (χ1) is 16.6. The maximum absolute atomic E-state index is 12.5. The van der Waals surface area contributed by atoms with Crippen LogP contribution in [0.2, 0.25) is 5.02 Å². The number of pyridine rings is 2. The molecule has 0 radical (unpaired) electrons. The Morgan fingerprint density at radius 3 is 2.41 bits per heavy atom. The van der Waals surface area contributed by atoms with E-state index in [1.807, 2.05) is 36.4 Å². The number of hydrogen-bond acceptors (Lipinski definition) is 5. The van der Waals surface area contributed by atoms with Gasteiger partial charge in [0.1, 0.15) is 6.07 Å². The van der Waals surface area contributed by atoms with E-state index in [1.165, 1.54) is 0 Å². The third kappa shape index (κ3) is 4.46. The number of rotatable bonds is 4. The summed E-state index contributed by atoms with van der Waals surface area (Å²) in [6.45, 7) is 0. The molecule has 8 heteroatoms. The van der Waals surface area contributed by atoms with Crippen molar-refractivity contribution in [2.45, 2.75) is 0 Å². The highest BCUT2D eigenvalue weighted by molar-refractivity contribution is 7.22. The predicted octanol–water partition coefficient (Wildman–Crippen LogP) is 7.19. The highest BCUT2D eigenvalue weighted by Crippen LogP contribution is 2.40. The average Bonchev–Trinajstić information content (AvgIpc) is 3.28. The summed E-state index contributed by atoms with van der Waals surface area (Å²) in [6, 6.07) is 22.1. The van der Waals surface area contributed by atoms with Crippen LogP contribution in [0.1, 0.15) is 5.56 Å². The zero-order valence-corrected chi connectivity index (χ0v) is 19.2. The third-order valence-electron chi connectivity index (χ3n) is 5.12. The molecule has 0 aliphatic heterocycles. The van der Waals surface area contributed by atoms with Gasteiger partial charge in [-0.2, -0.15) is 5.26 Å². The van der Waals surface area contributed by atoms with Crippen molar-refractivity contribution >= 4 is 50.6 Å². The van der Waals surface area contributed by atoms with Crippen LogP contribution >= 0.6 is 22.9 Å². The van der Waals surface area contributed by atoms with E-state index >= 15 is 0 Å². The van der Waals surface area contributed by atoms with Gasteiger partial charge in [0.2, 0.25) is 0 Å². The number of amides is 2. The van der Waals surface area contributed by atoms with Crippen molar-refractivity contribution in [2.75, 3.05) is 10.6 Å². The van der Waals surface area contributed by atoms with Crippen LogP contribution < -0.4 is 10.6 Å². The molecule has 3 heterocycles. The van der Waals surface area contributed by atoms with Crippen molar-refractivity contribution in [1.82, 2.24) is 9.97 Å². The minimum atomic E-state index is -0.393. The maximum Gasteiger partial charge on any atom is 0.323 e. The lowest BCUT2D eigenvalue weighted by Crippen LogP contribution is -2.19. The molecule has 0 atom stereocenters. The van der Waals surface area contributed by atoms with E-state index in [0.29, 0.717) is 22.0 Å². The zero-order chi connectivity index (χ0) is 23.5. The number of hydrogen-bond donors (Lipinski definition) is 2. The lowest BCUT2D eigenvalue weighted by molar-refractivity contribution is 0.262. The van der Waals surface area contributed by atoms with Crippen molar-refractivity contribution in [2.24, 2.45) is 0 Å². The van der Waals surface area contributed by atoms with Gasteiger partial charge in [-0.3, -0.25) is 9.97 Å². The largest absolute Gasteiger partial charge is 0.323 e. The predicted molar refractivity (Wildman–Crippen MR) is 137 cm³/mol. The minimum absolute atomic E-state index is 0.393. The summed E-state index contributed by atoms with van der Waals surface area (Å²) in [4.78, 5) is 22.1. The van der Waals surface area contributed by atoms with Gasteiger partial charge in [0, 0.05) is 45.4 Å². The van der Waals surface area contributed by atoms with Crippen molar-refractivity contribution in [3.05, 3.63) is 95.9 Å². The second-order valence-electron chi connectivity index (χ2n) is 7.39. The van der Waals surface area contributed by atoms with Crippen molar-refractivity contribution in [3.63, 3.8) is 0 Å². The van der Waals surface area contributed by atoms with E-state index < -0.39 is 6.03 Å². The van der Waals surface area contributed by atoms with E-state index in [0.717, 1.165) is 31.8 Å². The molecule has 2 aromatic carbocycles. The average molecular weight is 482 g/mol. The first-order valence-electron chi connectivity index (χ1n) is 10.3. The summed E-state index contributed by atoms with van der Waals surface area (Å²) in [5.74, 6) is 0. The fourth-order valence-electron chi connectivity index (χ4n) is 3.62. The van der Waals surface area contributed by atoms with E-state index in [4.69, 9.17) is 11.6 Å². The van der Waals surface area contributed by atoms with Crippen LogP contribution in [-0.4, -0.2) is 16.0 Å². The Balaban J connectivity index is 1.50. The number of benzene rings is 2. The Morgan fingerprint density at radius 1 is 0.941 bits per heavy atom. The topological polar surface area (TPSA) is 90.7 Å². The highest BCUT2D eigenvalue weighted by Gasteiger charge is 2.16. The molecule has 0 bridgehead atoms. The number of nitrogens with one attached hydrogen (secondary N) is 2. The number of urea groups is 1. The summed E-state index contributed by atoms with van der Waals surface area (Å²) in [5.41, 5.74) is 5.10. The molecule has 0 spiro atoms. The van der Waals surface area contributed by atoms with Crippen LogP contribution in [0.15, 0.2) is 85.3 Å². The second-order valence-corrected chi connectivity index (χ2v) is 8.88. The molecule has 0 saturated carbocycles. The molecule has 5 rings (SSSR count). The fraction of sp³-hybridized carbons (Fsp3) is 0. The minimum Gasteiger partial charge on any atom is -0.308 e. The monoisotopic (exact) mass is 481 g/mol. The van der Waals surface area contributed by atoms with E-state index in [2.05, 4.69) is 26.7 Å². The van der Waals surface area contributed by atoms with Gasteiger partial charge in [-0.25, -0.2) is 4.79 Å². The third-order valence-corrected chi connectivity index (χ3v) is 6.54. The summed E-state index contributed by atoms with van der Waals surface area (Å²) in [6.07, 6.45) is 5.09. The van der Waals surface area contributed by atoms with Gasteiger partial charge in [0.15, 0.2) is 0 Å². The number of thiophene rings is 1. The number of anilines is 2. The SMILES string of the molecule is N#Cc1cnc2cc(-c3ccncc3)sc2c1-c1cccc(NC(=O)Nc2cccc(Cl)c2)c1. The molecule has 5 aromatic rings. The van der Waals surface area contributed by atoms with Gasteiger partial charge >= 0.3 is 6.03 Å². The van der Waals surface area contributed by atoms with Crippen LogP contribution in [0, 0.1) is 11.3 Å². The number of carbonyl (C=O) groups excluding carboxylic acids is 1. The Bertz CT molecular complexity index is 1560. The van der Waals surface area contributed by atoms with Crippen molar-refractivity contribution in [1.29, 1.82) is 5.26 Å². The van der Waals surface area contributed by atoms with Gasteiger partial charge in [-0.1, -0.05) is 29.8 Å². The maximum atomic E-state index is 12.5. The summed E-state index contributed by atoms with van der Waals surface area (Å²) < 4.78 is 0.909. The molecule has 2 N–H and O–H groups in total. The number of carbonyl (C=O) groups is 1. The van der Waals surface area contributed by atoms with E-state index in [9.17, 15) is 10.1 Å². The molecule has 0 unspecified atom stereocenters. The summed E-state index contributed by atoms with van der Waals surface area (Å²) >= 11 is 7.56. The van der Waals surface area contributed by atoms with Crippen molar-refractivity contribution in [3.8, 4) is 27.6 Å². The van der Waals surface area contributed by atoms with E-state index in [-0.39, 0.29) is 0 Å². The number of aromatic nitrogens is 2. The molecule has 164 valence electrons. The summed E-state index contributed by atoms with van der Waals surface area (Å²) in [7, 11) is 0. The second kappa shape index (κ2) is 9.32. The zero-order valence-electron chi connectivity index (χ0n) is 17.6. The fourth-order valence-corrected chi connectivity index (χ4v) is 5.00. The lowest BCUT2D eigenvalue weighted by Gasteiger charge is -2.11. The lowest BCUT2D eigenvalue weighted by atomic mass is 10.0. The Labute approximate surface area is 204 Å². The van der Waals surface area contributed by atoms with Gasteiger partial charge in [0.05, 0.1) is 15.8 Å². The molecular formula is C26H16ClN5OS. The Hall–Kier alpha value is -4.25. The van der Waals surface area contributed by atoms with Gasteiger partial charge < -0.3 is 10.6 Å². The molecule has 0 saturated heterocycles. The molecule has 0 aliphatic carbocycles. The number of halogens is 1. The van der Waals surface area contributed by atoms with Gasteiger partial charge in [-0.15, -0.1) is 11.3 Å². The molecule has 2 amide bonds. The van der Waals surface area contributed by atoms with Crippen LogP contribution in [0.3, 0.4) is 0 Å². The highest BCUT2D eigenvalue weighted by atomic mass is 35.5. The Morgan fingerprint density at radius 2 is 1.68 bits per heavy atom. The number of nitrogens with zero attached hydrogens (tertiary/aromatic N) is 3. The molecular weight excluding hydrogens is 466 g/mol. The van der Waals surface area contributed by atoms with Gasteiger partial charge in [-0.05, 0) is 59.7 Å². The molecule has 0 aliphatic rings. The summed E-state index contributed by atoms with van der Waals surface area (Å²) in [5, 5.41) is 15.9. The number of fused-ring (bicyclic) bond motifs is 1. The number of nitriles is 1. The van der Waals surface area contributed by atoms with Crippen LogP contribution in [-0.2, 0) is 0 Å². The first-order valence-corrected chi connectivity index (χ1v) is 11.5. The van der Waals surface area contributed by atoms with Crippen molar-refractivity contribution < 1.29 is 4.79 Å². The first kappa shape index (κ1) is 21.6. The van der Waals surface area contributed by atoms with Crippen LogP contribution in [0.25, 0.3) is 31.8 Å². The Kier molecular flexibility index (Phi) is 5.91. The quantitative estimate of drug-likeness (QED) is 0.284. The molecule has 6 nitrogen and oxygen atoms in total. The van der Waals surface area contributed by atoms with E-state index in [1.54, 1.807) is 60.3 Å². The van der Waals surface area contributed by atoms with Gasteiger partial charge in [0.25, 0.3) is 0 Å². The molecule has 34 heavy (non-hydrogen) atoms. The smallest absolute Gasteiger partial charge is 0.308 e. The van der Waals surface area contributed by atoms with Crippen LogP contribution in [0.4, 0.5) is 16.2 Å². The standard InChI is InChI=1S/C26H16ClN5OS/c27-19-4-2-6-21(12-19)32-26(33)31-20-5-1-3-17(11-20)24-18(14-28)15-30-22-13-23(34-25(22)24)16-7-9-29-10-8-16/h1-13,15H,(H2,31,32,33). The van der Waals surface area contributed by atoms with Crippen LogP contribution in [0.5, 0.6) is 0 Å². The molecule has 0 fully saturated rings.